The maximum Gasteiger partial charge on any atom is 0.200 e. The second kappa shape index (κ2) is 8.24. The van der Waals surface area contributed by atoms with Gasteiger partial charge in [-0.1, -0.05) is 0 Å². The molecule has 192 valence electrons. The molecule has 37 heavy (non-hydrogen) atoms. The Hall–Kier alpha value is -4.04. The van der Waals surface area contributed by atoms with Gasteiger partial charge in [0.1, 0.15) is 17.5 Å². The molecule has 0 saturated heterocycles. The van der Waals surface area contributed by atoms with Crippen LogP contribution in [0.25, 0.3) is 27.9 Å². The number of fused-ring (bicyclic) bond motifs is 7. The number of nitrogens with one attached hydrogen (secondary N) is 1. The van der Waals surface area contributed by atoms with Gasteiger partial charge in [0.05, 0.1) is 44.9 Å². The van der Waals surface area contributed by atoms with Gasteiger partial charge in [0.25, 0.3) is 0 Å². The highest BCUT2D eigenvalue weighted by atomic mass is 16.5. The van der Waals surface area contributed by atoms with E-state index in [-0.39, 0.29) is 29.5 Å². The Balaban J connectivity index is 1.57. The summed E-state index contributed by atoms with van der Waals surface area (Å²) in [5, 5.41) is 23.0. The lowest BCUT2D eigenvalue weighted by molar-refractivity contribution is 0.156. The van der Waals surface area contributed by atoms with Crippen LogP contribution in [0.2, 0.25) is 0 Å². The van der Waals surface area contributed by atoms with E-state index in [1.165, 1.54) is 14.2 Å². The molecule has 0 amide bonds. The predicted molar refractivity (Wildman–Crippen MR) is 141 cm³/mol. The van der Waals surface area contributed by atoms with E-state index < -0.39 is 12.0 Å². The molecule has 8 nitrogen and oxygen atoms in total. The van der Waals surface area contributed by atoms with Crippen molar-refractivity contribution in [3.8, 4) is 34.5 Å². The summed E-state index contributed by atoms with van der Waals surface area (Å²) in [5.41, 5.74) is 3.94. The lowest BCUT2D eigenvalue weighted by Crippen LogP contribution is -2.27. The number of methoxy groups -OCH3 is 3. The first kappa shape index (κ1) is 23.4. The summed E-state index contributed by atoms with van der Waals surface area (Å²) in [6.45, 7) is 3.88. The number of rotatable bonds is 5. The van der Waals surface area contributed by atoms with Gasteiger partial charge in [-0.05, 0) is 56.3 Å². The summed E-state index contributed by atoms with van der Waals surface area (Å²) < 4.78 is 29.1. The van der Waals surface area contributed by atoms with Crippen LogP contribution in [0.15, 0.2) is 36.4 Å². The number of phenolic OH excluding ortho intramolecular Hbond substituents is 1. The molecular formula is C29H29NO7. The summed E-state index contributed by atoms with van der Waals surface area (Å²) >= 11 is 0. The number of aliphatic hydroxyl groups excluding tert-OH is 1. The fourth-order valence-corrected chi connectivity index (χ4v) is 5.50. The minimum Gasteiger partial charge on any atom is -0.502 e. The fourth-order valence-electron chi connectivity index (χ4n) is 5.50. The maximum atomic E-state index is 10.6. The zero-order chi connectivity index (χ0) is 26.1. The molecule has 0 fully saturated rings. The third-order valence-electron chi connectivity index (χ3n) is 7.28. The van der Waals surface area contributed by atoms with Crippen LogP contribution >= 0.6 is 0 Å². The van der Waals surface area contributed by atoms with Crippen LogP contribution in [-0.4, -0.2) is 48.7 Å². The smallest absolute Gasteiger partial charge is 0.200 e. The van der Waals surface area contributed by atoms with E-state index in [0.717, 1.165) is 38.7 Å². The largest absolute Gasteiger partial charge is 0.502 e. The average molecular weight is 504 g/mol. The van der Waals surface area contributed by atoms with E-state index in [2.05, 4.69) is 11.1 Å². The highest BCUT2D eigenvalue weighted by Gasteiger charge is 2.40. The number of hydrogen-bond acceptors (Lipinski definition) is 7. The first-order valence-corrected chi connectivity index (χ1v) is 12.1. The van der Waals surface area contributed by atoms with Gasteiger partial charge in [-0.3, -0.25) is 0 Å². The molecular weight excluding hydrogens is 474 g/mol. The second-order valence-corrected chi connectivity index (χ2v) is 9.91. The van der Waals surface area contributed by atoms with Crippen molar-refractivity contribution in [3.05, 3.63) is 53.1 Å². The molecule has 2 aliphatic rings. The quantitative estimate of drug-likeness (QED) is 0.333. The third-order valence-corrected chi connectivity index (χ3v) is 7.28. The molecule has 4 aromatic rings. The predicted octanol–water partition coefficient (Wildman–Crippen LogP) is 5.45. The van der Waals surface area contributed by atoms with Crippen molar-refractivity contribution in [2.45, 2.75) is 31.5 Å². The number of hydrogen-bond donors (Lipinski definition) is 3. The lowest BCUT2D eigenvalue weighted by atomic mass is 9.90. The van der Waals surface area contributed by atoms with E-state index in [9.17, 15) is 10.2 Å². The fraction of sp³-hybridized carbons (Fsp3) is 0.310. The van der Waals surface area contributed by atoms with Crippen LogP contribution in [0.3, 0.4) is 0 Å². The van der Waals surface area contributed by atoms with Gasteiger partial charge in [-0.2, -0.15) is 0 Å². The van der Waals surface area contributed by atoms with Crippen molar-refractivity contribution in [1.29, 1.82) is 0 Å². The monoisotopic (exact) mass is 503 g/mol. The average Bonchev–Trinajstić information content (AvgIpc) is 3.46. The molecule has 3 N–H and O–H groups in total. The molecule has 3 heterocycles. The number of aliphatic hydroxyl groups is 1. The molecule has 2 aliphatic heterocycles. The number of aromatic nitrogens is 1. The molecule has 2 atom stereocenters. The molecule has 0 unspecified atom stereocenters. The van der Waals surface area contributed by atoms with Gasteiger partial charge in [0.2, 0.25) is 5.75 Å². The normalized spacial score (nSPS) is 19.3. The molecule has 6 rings (SSSR count). The third kappa shape index (κ3) is 3.39. The van der Waals surface area contributed by atoms with Crippen molar-refractivity contribution in [2.75, 3.05) is 27.9 Å². The van der Waals surface area contributed by atoms with Crippen LogP contribution in [-0.2, 0) is 0 Å². The van der Waals surface area contributed by atoms with Crippen molar-refractivity contribution in [2.24, 2.45) is 0 Å². The highest BCUT2D eigenvalue weighted by Crippen LogP contribution is 2.55. The van der Waals surface area contributed by atoms with E-state index >= 15 is 0 Å². The van der Waals surface area contributed by atoms with Gasteiger partial charge in [-0.25, -0.2) is 0 Å². The number of phenols is 1. The Bertz CT molecular complexity index is 1560. The zero-order valence-electron chi connectivity index (χ0n) is 21.3. The summed E-state index contributed by atoms with van der Waals surface area (Å²) in [7, 11) is 4.56. The Morgan fingerprint density at radius 2 is 1.65 bits per heavy atom. The molecule has 1 aromatic heterocycles. The van der Waals surface area contributed by atoms with Crippen molar-refractivity contribution in [1.82, 2.24) is 4.98 Å². The molecule has 0 bridgehead atoms. The summed E-state index contributed by atoms with van der Waals surface area (Å²) in [4.78, 5) is 3.61. The molecule has 0 saturated carbocycles. The minimum absolute atomic E-state index is 0.0939. The number of ether oxygens (including phenoxy) is 5. The molecule has 0 radical (unpaired) electrons. The Morgan fingerprint density at radius 1 is 0.946 bits per heavy atom. The van der Waals surface area contributed by atoms with Crippen LogP contribution in [0.5, 0.6) is 34.5 Å². The number of H-pyrrole nitrogens is 1. The second-order valence-electron chi connectivity index (χ2n) is 9.91. The Labute approximate surface area is 214 Å². The highest BCUT2D eigenvalue weighted by molar-refractivity contribution is 6.12. The number of aromatic hydroxyl groups is 1. The van der Waals surface area contributed by atoms with Gasteiger partial charge < -0.3 is 38.9 Å². The molecule has 0 aliphatic carbocycles. The van der Waals surface area contributed by atoms with Crippen LogP contribution in [0, 0.1) is 0 Å². The standard InChI is InChI=1S/C29H29NO7/c1-29(2)9-8-16-19(37-29)7-6-15-17-12-22(35-5)28-23(25(17)30-24(15)16)18(13-31)27(36-28)14-10-20(33-3)26(32)21(11-14)34-4/h6-12,18,27,30-32H,13H2,1-5H3/t18-,27+/m1/s1. The topological polar surface area (TPSA) is 102 Å². The van der Waals surface area contributed by atoms with Crippen molar-refractivity contribution in [3.63, 3.8) is 0 Å². The van der Waals surface area contributed by atoms with E-state index in [1.807, 2.05) is 38.1 Å². The summed E-state index contributed by atoms with van der Waals surface area (Å²) in [6, 6.07) is 9.41. The first-order valence-electron chi connectivity index (χ1n) is 12.1. The van der Waals surface area contributed by atoms with Crippen molar-refractivity contribution >= 4 is 27.9 Å². The molecule has 8 heteroatoms. The van der Waals surface area contributed by atoms with Crippen LogP contribution in [0.4, 0.5) is 0 Å². The molecule has 0 spiro atoms. The first-order chi connectivity index (χ1) is 17.8. The van der Waals surface area contributed by atoms with Crippen LogP contribution < -0.4 is 23.7 Å². The Morgan fingerprint density at radius 3 is 2.30 bits per heavy atom. The van der Waals surface area contributed by atoms with Gasteiger partial charge in [-0.15, -0.1) is 0 Å². The molecule has 3 aromatic carbocycles. The Kier molecular flexibility index (Phi) is 5.21. The lowest BCUT2D eigenvalue weighted by Gasteiger charge is -2.27. The van der Waals surface area contributed by atoms with Crippen LogP contribution in [0.1, 0.15) is 42.6 Å². The van der Waals surface area contributed by atoms with E-state index in [4.69, 9.17) is 23.7 Å². The zero-order valence-corrected chi connectivity index (χ0v) is 21.3. The summed E-state index contributed by atoms with van der Waals surface area (Å²) in [5.74, 6) is 1.96. The van der Waals surface area contributed by atoms with Gasteiger partial charge in [0, 0.05) is 27.5 Å². The van der Waals surface area contributed by atoms with E-state index in [1.54, 1.807) is 19.2 Å². The maximum absolute atomic E-state index is 10.6. The SMILES string of the molecule is COc1cc([C@@H]2Oc3c(OC)cc4c([nH]c5c6c(ccc54)OC(C)(C)C=C6)c3[C@H]2CO)cc(OC)c1O. The van der Waals surface area contributed by atoms with Gasteiger partial charge >= 0.3 is 0 Å². The van der Waals surface area contributed by atoms with Gasteiger partial charge in [0.15, 0.2) is 23.0 Å². The summed E-state index contributed by atoms with van der Waals surface area (Å²) in [6.07, 6.45) is 3.57. The van der Waals surface area contributed by atoms with E-state index in [0.29, 0.717) is 17.1 Å². The van der Waals surface area contributed by atoms with Crippen molar-refractivity contribution < 1.29 is 33.9 Å². The number of aromatic amines is 1. The minimum atomic E-state index is -0.563. The number of benzene rings is 3.